The van der Waals surface area contributed by atoms with Crippen LogP contribution in [0, 0.1) is 17.8 Å². The summed E-state index contributed by atoms with van der Waals surface area (Å²) >= 11 is 0. The Labute approximate surface area is 135 Å². The highest BCUT2D eigenvalue weighted by molar-refractivity contribution is 5.20. The second-order valence-electron chi connectivity index (χ2n) is 6.94. The first-order chi connectivity index (χ1) is 10.6. The number of hydrogen-bond donors (Lipinski definition) is 2. The van der Waals surface area contributed by atoms with Crippen LogP contribution >= 0.6 is 0 Å². The number of para-hydroxylation sites is 1. The first-order valence-electron chi connectivity index (χ1n) is 8.78. The Morgan fingerprint density at radius 3 is 2.59 bits per heavy atom. The van der Waals surface area contributed by atoms with E-state index in [1.807, 2.05) is 30.3 Å². The molecule has 0 amide bonds. The van der Waals surface area contributed by atoms with Crippen LogP contribution in [-0.4, -0.2) is 25.2 Å². The Morgan fingerprint density at radius 1 is 1.23 bits per heavy atom. The van der Waals surface area contributed by atoms with Crippen molar-refractivity contribution in [2.75, 3.05) is 13.2 Å². The summed E-state index contributed by atoms with van der Waals surface area (Å²) in [5, 5.41) is 3.68. The molecular formula is C19H32N2O. The number of hydrogen-bond acceptors (Lipinski definition) is 3. The van der Waals surface area contributed by atoms with Gasteiger partial charge in [0.1, 0.15) is 12.4 Å². The molecule has 1 aliphatic carbocycles. The van der Waals surface area contributed by atoms with Crippen LogP contribution in [0.25, 0.3) is 0 Å². The van der Waals surface area contributed by atoms with Crippen molar-refractivity contribution >= 4 is 0 Å². The molecule has 2 rings (SSSR count). The Kier molecular flexibility index (Phi) is 6.71. The molecule has 3 heteroatoms. The van der Waals surface area contributed by atoms with Gasteiger partial charge < -0.3 is 15.8 Å². The lowest BCUT2D eigenvalue weighted by Crippen LogP contribution is -2.51. The SMILES string of the molecule is CCC1CC(NCCOc2ccccc2)CC(C(C)C)C1N. The molecule has 1 aromatic carbocycles. The van der Waals surface area contributed by atoms with Gasteiger partial charge in [0.25, 0.3) is 0 Å². The second-order valence-corrected chi connectivity index (χ2v) is 6.94. The zero-order valence-corrected chi connectivity index (χ0v) is 14.3. The van der Waals surface area contributed by atoms with Crippen LogP contribution < -0.4 is 15.8 Å². The molecule has 0 heterocycles. The maximum absolute atomic E-state index is 6.48. The minimum absolute atomic E-state index is 0.364. The zero-order chi connectivity index (χ0) is 15.9. The van der Waals surface area contributed by atoms with Crippen LogP contribution in [-0.2, 0) is 0 Å². The van der Waals surface area contributed by atoms with E-state index in [1.165, 1.54) is 19.3 Å². The molecule has 1 saturated carbocycles. The van der Waals surface area contributed by atoms with Gasteiger partial charge in [-0.05, 0) is 42.7 Å². The lowest BCUT2D eigenvalue weighted by molar-refractivity contribution is 0.136. The van der Waals surface area contributed by atoms with Gasteiger partial charge in [0.05, 0.1) is 0 Å². The number of ether oxygens (including phenoxy) is 1. The number of rotatable bonds is 7. The summed E-state index contributed by atoms with van der Waals surface area (Å²) in [7, 11) is 0. The number of benzene rings is 1. The highest BCUT2D eigenvalue weighted by atomic mass is 16.5. The smallest absolute Gasteiger partial charge is 0.119 e. The summed E-state index contributed by atoms with van der Waals surface area (Å²) in [4.78, 5) is 0. The summed E-state index contributed by atoms with van der Waals surface area (Å²) in [5.74, 6) is 2.88. The normalized spacial score (nSPS) is 28.8. The van der Waals surface area contributed by atoms with E-state index in [4.69, 9.17) is 10.5 Å². The molecule has 0 radical (unpaired) electrons. The largest absolute Gasteiger partial charge is 0.492 e. The summed E-state index contributed by atoms with van der Waals surface area (Å²) < 4.78 is 5.76. The average Bonchev–Trinajstić information content (AvgIpc) is 2.53. The highest BCUT2D eigenvalue weighted by Gasteiger charge is 2.35. The zero-order valence-electron chi connectivity index (χ0n) is 14.3. The average molecular weight is 304 g/mol. The molecule has 3 nitrogen and oxygen atoms in total. The van der Waals surface area contributed by atoms with E-state index in [0.29, 0.717) is 29.8 Å². The quantitative estimate of drug-likeness (QED) is 0.759. The topological polar surface area (TPSA) is 47.3 Å². The summed E-state index contributed by atoms with van der Waals surface area (Å²) in [6.07, 6.45) is 3.58. The molecule has 22 heavy (non-hydrogen) atoms. The molecule has 1 fully saturated rings. The summed E-state index contributed by atoms with van der Waals surface area (Å²) in [6.45, 7) is 8.49. The van der Waals surface area contributed by atoms with E-state index in [9.17, 15) is 0 Å². The maximum Gasteiger partial charge on any atom is 0.119 e. The van der Waals surface area contributed by atoms with Crippen LogP contribution in [0.5, 0.6) is 5.75 Å². The Bertz CT molecular complexity index is 421. The fourth-order valence-electron chi connectivity index (χ4n) is 3.72. The van der Waals surface area contributed by atoms with Gasteiger partial charge in [0.15, 0.2) is 0 Å². The lowest BCUT2D eigenvalue weighted by atomic mass is 9.69. The van der Waals surface area contributed by atoms with Crippen LogP contribution in [0.3, 0.4) is 0 Å². The Morgan fingerprint density at radius 2 is 1.95 bits per heavy atom. The van der Waals surface area contributed by atoms with Gasteiger partial charge in [0.2, 0.25) is 0 Å². The molecule has 3 N–H and O–H groups in total. The lowest BCUT2D eigenvalue weighted by Gasteiger charge is -2.42. The van der Waals surface area contributed by atoms with E-state index < -0.39 is 0 Å². The fraction of sp³-hybridized carbons (Fsp3) is 0.684. The molecule has 0 saturated heterocycles. The van der Waals surface area contributed by atoms with Crippen LogP contribution in [0.15, 0.2) is 30.3 Å². The third-order valence-corrected chi connectivity index (χ3v) is 5.11. The van der Waals surface area contributed by atoms with Crippen molar-refractivity contribution in [1.82, 2.24) is 5.32 Å². The monoisotopic (exact) mass is 304 g/mol. The predicted octanol–water partition coefficient (Wildman–Crippen LogP) is 3.44. The minimum atomic E-state index is 0.364. The number of nitrogens with one attached hydrogen (secondary N) is 1. The van der Waals surface area contributed by atoms with Gasteiger partial charge >= 0.3 is 0 Å². The van der Waals surface area contributed by atoms with Crippen molar-refractivity contribution in [1.29, 1.82) is 0 Å². The summed E-state index contributed by atoms with van der Waals surface area (Å²) in [6, 6.07) is 11.0. The highest BCUT2D eigenvalue weighted by Crippen LogP contribution is 2.34. The van der Waals surface area contributed by atoms with Crippen molar-refractivity contribution in [2.45, 2.75) is 52.1 Å². The van der Waals surface area contributed by atoms with E-state index in [0.717, 1.165) is 18.9 Å². The molecule has 4 atom stereocenters. The first kappa shape index (κ1) is 17.3. The maximum atomic E-state index is 6.48. The molecule has 0 spiro atoms. The summed E-state index contributed by atoms with van der Waals surface area (Å²) in [5.41, 5.74) is 6.48. The molecular weight excluding hydrogens is 272 g/mol. The third-order valence-electron chi connectivity index (χ3n) is 5.11. The van der Waals surface area contributed by atoms with Crippen LogP contribution in [0.4, 0.5) is 0 Å². The van der Waals surface area contributed by atoms with Gasteiger partial charge in [-0.3, -0.25) is 0 Å². The molecule has 4 unspecified atom stereocenters. The van der Waals surface area contributed by atoms with Gasteiger partial charge in [-0.2, -0.15) is 0 Å². The number of nitrogens with two attached hydrogens (primary N) is 1. The third kappa shape index (κ3) is 4.72. The Balaban J connectivity index is 1.77. The molecule has 124 valence electrons. The molecule has 0 aromatic heterocycles. The van der Waals surface area contributed by atoms with E-state index >= 15 is 0 Å². The van der Waals surface area contributed by atoms with Crippen LogP contribution in [0.1, 0.15) is 40.0 Å². The van der Waals surface area contributed by atoms with Crippen molar-refractivity contribution in [3.05, 3.63) is 30.3 Å². The predicted molar refractivity (Wildman–Crippen MR) is 93.0 cm³/mol. The van der Waals surface area contributed by atoms with E-state index in [-0.39, 0.29) is 0 Å². The first-order valence-corrected chi connectivity index (χ1v) is 8.78. The molecule has 1 aromatic rings. The minimum Gasteiger partial charge on any atom is -0.492 e. The van der Waals surface area contributed by atoms with E-state index in [2.05, 4.69) is 26.1 Å². The van der Waals surface area contributed by atoms with Gasteiger partial charge in [-0.15, -0.1) is 0 Å². The molecule has 1 aliphatic rings. The molecule has 0 aliphatic heterocycles. The van der Waals surface area contributed by atoms with Gasteiger partial charge in [-0.25, -0.2) is 0 Å². The van der Waals surface area contributed by atoms with Gasteiger partial charge in [-0.1, -0.05) is 45.4 Å². The second kappa shape index (κ2) is 8.54. The van der Waals surface area contributed by atoms with Crippen molar-refractivity contribution in [2.24, 2.45) is 23.5 Å². The molecule has 0 bridgehead atoms. The van der Waals surface area contributed by atoms with Crippen molar-refractivity contribution < 1.29 is 4.74 Å². The van der Waals surface area contributed by atoms with Gasteiger partial charge in [0, 0.05) is 18.6 Å². The van der Waals surface area contributed by atoms with Crippen molar-refractivity contribution in [3.63, 3.8) is 0 Å². The fourth-order valence-corrected chi connectivity index (χ4v) is 3.72. The Hall–Kier alpha value is -1.06. The van der Waals surface area contributed by atoms with Crippen LogP contribution in [0.2, 0.25) is 0 Å². The standard InChI is InChI=1S/C19H32N2O/c1-4-15-12-16(13-18(14(2)3)19(15)20)21-10-11-22-17-8-6-5-7-9-17/h5-9,14-16,18-19,21H,4,10-13,20H2,1-3H3. The van der Waals surface area contributed by atoms with Crippen molar-refractivity contribution in [3.8, 4) is 5.75 Å². The van der Waals surface area contributed by atoms with E-state index in [1.54, 1.807) is 0 Å².